The normalized spacial score (nSPS) is 11.1. The Hall–Kier alpha value is -4.29. The smallest absolute Gasteiger partial charge is 0.274 e. The minimum Gasteiger partial charge on any atom is -0.318 e. The molecule has 1 aromatic heterocycles. The number of anilines is 1. The van der Waals surface area contributed by atoms with Gasteiger partial charge in [0.25, 0.3) is 5.91 Å². The molecule has 7 nitrogen and oxygen atoms in total. The number of hydrogen-bond donors (Lipinski definition) is 1. The number of carbonyl (C=O) groups is 1. The van der Waals surface area contributed by atoms with Crippen molar-refractivity contribution in [1.29, 1.82) is 5.26 Å². The first kappa shape index (κ1) is 21.9. The molecule has 164 valence electrons. The lowest BCUT2D eigenvalue weighted by Crippen LogP contribution is -2.17. The molecule has 0 unspecified atom stereocenters. The first-order chi connectivity index (χ1) is 15.8. The molecule has 1 N–H and O–H groups in total. The van der Waals surface area contributed by atoms with Gasteiger partial charge in [-0.3, -0.25) is 4.79 Å². The van der Waals surface area contributed by atoms with E-state index >= 15 is 0 Å². The zero-order valence-corrected chi connectivity index (χ0v) is 18.2. The third-order valence-electron chi connectivity index (χ3n) is 4.91. The van der Waals surface area contributed by atoms with Gasteiger partial charge in [0.1, 0.15) is 11.5 Å². The lowest BCUT2D eigenvalue weighted by atomic mass is 10.0. The highest BCUT2D eigenvalue weighted by atomic mass is 32.2. The maximum Gasteiger partial charge on any atom is 0.274 e. The molecular formula is C24H17FN4O3S. The van der Waals surface area contributed by atoms with E-state index in [1.165, 1.54) is 41.2 Å². The van der Waals surface area contributed by atoms with Crippen LogP contribution in [0.1, 0.15) is 16.1 Å². The van der Waals surface area contributed by atoms with Crippen molar-refractivity contribution in [1.82, 2.24) is 9.78 Å². The minimum absolute atomic E-state index is 0.0703. The van der Waals surface area contributed by atoms with E-state index in [1.54, 1.807) is 42.5 Å². The number of carbonyl (C=O) groups excluding carboxylic acids is 1. The van der Waals surface area contributed by atoms with Crippen LogP contribution in [0.25, 0.3) is 16.8 Å². The Morgan fingerprint density at radius 1 is 1.06 bits per heavy atom. The summed E-state index contributed by atoms with van der Waals surface area (Å²) in [6, 6.07) is 20.5. The highest BCUT2D eigenvalue weighted by Gasteiger charge is 2.18. The summed E-state index contributed by atoms with van der Waals surface area (Å²) in [4.78, 5) is 12.9. The van der Waals surface area contributed by atoms with Gasteiger partial charge in [-0.2, -0.15) is 10.4 Å². The highest BCUT2D eigenvalue weighted by molar-refractivity contribution is 7.90. The van der Waals surface area contributed by atoms with Gasteiger partial charge in [0, 0.05) is 11.8 Å². The molecule has 0 aliphatic rings. The monoisotopic (exact) mass is 460 g/mol. The van der Waals surface area contributed by atoms with Crippen molar-refractivity contribution in [2.45, 2.75) is 4.90 Å². The van der Waals surface area contributed by atoms with E-state index in [0.29, 0.717) is 22.4 Å². The average molecular weight is 460 g/mol. The summed E-state index contributed by atoms with van der Waals surface area (Å²) >= 11 is 0. The van der Waals surface area contributed by atoms with Gasteiger partial charge in [-0.25, -0.2) is 17.5 Å². The Morgan fingerprint density at radius 2 is 1.85 bits per heavy atom. The van der Waals surface area contributed by atoms with Gasteiger partial charge >= 0.3 is 0 Å². The van der Waals surface area contributed by atoms with E-state index < -0.39 is 21.6 Å². The fourth-order valence-electron chi connectivity index (χ4n) is 3.39. The van der Waals surface area contributed by atoms with E-state index in [1.807, 2.05) is 6.07 Å². The molecule has 3 aromatic carbocycles. The third-order valence-corrected chi connectivity index (χ3v) is 6.06. The van der Waals surface area contributed by atoms with Gasteiger partial charge in [0.05, 0.1) is 34.1 Å². The van der Waals surface area contributed by atoms with Crippen molar-refractivity contribution in [3.63, 3.8) is 0 Å². The molecule has 33 heavy (non-hydrogen) atoms. The number of amides is 1. The zero-order chi connectivity index (χ0) is 23.6. The lowest BCUT2D eigenvalue weighted by molar-refractivity contribution is 0.101. The number of sulfone groups is 1. The Morgan fingerprint density at radius 3 is 2.58 bits per heavy atom. The molecule has 0 saturated heterocycles. The number of halogens is 1. The SMILES string of the molecule is CS(=O)(=O)c1ccccc1-c1ccc(NC(=O)c2ccnn2-c2cccc(C#N)c2)c(F)c1. The predicted molar refractivity (Wildman–Crippen MR) is 121 cm³/mol. The zero-order valence-electron chi connectivity index (χ0n) is 17.4. The lowest BCUT2D eigenvalue weighted by Gasteiger charge is -2.12. The predicted octanol–water partition coefficient (Wildman–Crippen LogP) is 4.21. The maximum atomic E-state index is 14.9. The summed E-state index contributed by atoms with van der Waals surface area (Å²) in [5.41, 5.74) is 1.73. The largest absolute Gasteiger partial charge is 0.318 e. The second-order valence-electron chi connectivity index (χ2n) is 7.21. The number of hydrogen-bond acceptors (Lipinski definition) is 5. The van der Waals surface area contributed by atoms with E-state index in [2.05, 4.69) is 10.4 Å². The number of nitriles is 1. The Labute approximate surface area is 189 Å². The molecule has 0 spiro atoms. The van der Waals surface area contributed by atoms with Crippen LogP contribution in [0.4, 0.5) is 10.1 Å². The van der Waals surface area contributed by atoms with Crippen molar-refractivity contribution in [2.75, 3.05) is 11.6 Å². The fraction of sp³-hybridized carbons (Fsp3) is 0.0417. The number of nitrogens with one attached hydrogen (secondary N) is 1. The van der Waals surface area contributed by atoms with E-state index in [0.717, 1.165) is 6.26 Å². The quantitative estimate of drug-likeness (QED) is 0.480. The van der Waals surface area contributed by atoms with Gasteiger partial charge in [-0.05, 0) is 48.0 Å². The van der Waals surface area contributed by atoms with Crippen LogP contribution in [0.15, 0.2) is 83.9 Å². The molecule has 0 aliphatic heterocycles. The summed E-state index contributed by atoms with van der Waals surface area (Å²) in [6.45, 7) is 0. The van der Waals surface area contributed by atoms with Gasteiger partial charge in [0.15, 0.2) is 9.84 Å². The summed E-state index contributed by atoms with van der Waals surface area (Å²) in [5.74, 6) is -1.32. The number of rotatable bonds is 5. The van der Waals surface area contributed by atoms with Gasteiger partial charge < -0.3 is 5.32 Å². The van der Waals surface area contributed by atoms with E-state index in [-0.39, 0.29) is 16.3 Å². The van der Waals surface area contributed by atoms with Crippen LogP contribution in [-0.4, -0.2) is 30.4 Å². The Balaban J connectivity index is 1.63. The summed E-state index contributed by atoms with van der Waals surface area (Å²) in [5, 5.41) is 15.7. The number of aromatic nitrogens is 2. The third kappa shape index (κ3) is 4.51. The Kier molecular flexibility index (Phi) is 5.77. The van der Waals surface area contributed by atoms with Crippen LogP contribution >= 0.6 is 0 Å². The first-order valence-electron chi connectivity index (χ1n) is 9.73. The second-order valence-corrected chi connectivity index (χ2v) is 9.19. The fourth-order valence-corrected chi connectivity index (χ4v) is 4.30. The summed E-state index contributed by atoms with van der Waals surface area (Å²) in [6.07, 6.45) is 2.52. The number of benzene rings is 3. The van der Waals surface area contributed by atoms with Crippen LogP contribution < -0.4 is 5.32 Å². The Bertz CT molecular complexity index is 1520. The molecule has 4 aromatic rings. The molecule has 0 aliphatic carbocycles. The van der Waals surface area contributed by atoms with Crippen molar-refractivity contribution < 1.29 is 17.6 Å². The molecule has 9 heteroatoms. The van der Waals surface area contributed by atoms with E-state index in [9.17, 15) is 17.6 Å². The molecule has 0 bridgehead atoms. The molecule has 0 atom stereocenters. The first-order valence-corrected chi connectivity index (χ1v) is 11.6. The number of nitrogens with zero attached hydrogens (tertiary/aromatic N) is 3. The molecule has 0 saturated carbocycles. The van der Waals surface area contributed by atoms with Crippen LogP contribution in [0, 0.1) is 17.1 Å². The van der Waals surface area contributed by atoms with Crippen molar-refractivity contribution in [2.24, 2.45) is 0 Å². The average Bonchev–Trinajstić information content (AvgIpc) is 3.30. The molecule has 4 rings (SSSR count). The van der Waals surface area contributed by atoms with Crippen LogP contribution in [0.2, 0.25) is 0 Å². The van der Waals surface area contributed by atoms with Gasteiger partial charge in [-0.15, -0.1) is 0 Å². The van der Waals surface area contributed by atoms with Crippen LogP contribution in [0.5, 0.6) is 0 Å². The van der Waals surface area contributed by atoms with Crippen molar-refractivity contribution in [3.8, 4) is 22.9 Å². The van der Waals surface area contributed by atoms with Gasteiger partial charge in [-0.1, -0.05) is 30.3 Å². The molecule has 1 heterocycles. The van der Waals surface area contributed by atoms with Crippen molar-refractivity contribution >= 4 is 21.4 Å². The standard InChI is InChI=1S/C24H17FN4O3S/c1-33(31,32)23-8-3-2-7-19(23)17-9-10-21(20(25)14-17)28-24(30)22-11-12-27-29(22)18-6-4-5-16(13-18)15-26/h2-14H,1H3,(H,28,30). The van der Waals surface area contributed by atoms with E-state index in [4.69, 9.17) is 5.26 Å². The van der Waals surface area contributed by atoms with Gasteiger partial charge in [0.2, 0.25) is 0 Å². The summed E-state index contributed by atoms with van der Waals surface area (Å²) < 4.78 is 40.4. The molecule has 0 radical (unpaired) electrons. The van der Waals surface area contributed by atoms with Crippen LogP contribution in [0.3, 0.4) is 0 Å². The molecule has 1 amide bonds. The topological polar surface area (TPSA) is 105 Å². The highest BCUT2D eigenvalue weighted by Crippen LogP contribution is 2.30. The molecule has 0 fully saturated rings. The second kappa shape index (κ2) is 8.68. The van der Waals surface area contributed by atoms with Crippen molar-refractivity contribution in [3.05, 3.63) is 96.1 Å². The molecular weight excluding hydrogens is 443 g/mol. The minimum atomic E-state index is -3.51. The van der Waals surface area contributed by atoms with Crippen LogP contribution in [-0.2, 0) is 9.84 Å². The summed E-state index contributed by atoms with van der Waals surface area (Å²) in [7, 11) is -3.51. The maximum absolute atomic E-state index is 14.9.